The van der Waals surface area contributed by atoms with Gasteiger partial charge in [-0.3, -0.25) is 0 Å². The molecule has 0 amide bonds. The van der Waals surface area contributed by atoms with Crippen molar-refractivity contribution in [3.63, 3.8) is 0 Å². The van der Waals surface area contributed by atoms with Gasteiger partial charge in [0.15, 0.2) is 0 Å². The van der Waals surface area contributed by atoms with E-state index in [0.29, 0.717) is 17.8 Å². The molecule has 4 rings (SSSR count). The molecule has 1 aliphatic heterocycles. The normalized spacial score (nSPS) is 29.2. The van der Waals surface area contributed by atoms with Gasteiger partial charge in [-0.2, -0.15) is 0 Å². The summed E-state index contributed by atoms with van der Waals surface area (Å²) in [5.41, 5.74) is 0.231. The van der Waals surface area contributed by atoms with Crippen LogP contribution < -0.4 is 10.4 Å². The SMILES string of the molecule is O=c1ccc2ccc(OC3CC4O[C@@H]4C3)cc2o1. The van der Waals surface area contributed by atoms with Crippen molar-refractivity contribution < 1.29 is 13.9 Å². The lowest BCUT2D eigenvalue weighted by Crippen LogP contribution is -2.15. The van der Waals surface area contributed by atoms with Gasteiger partial charge in [0, 0.05) is 30.4 Å². The van der Waals surface area contributed by atoms with Crippen LogP contribution in [-0.4, -0.2) is 18.3 Å². The van der Waals surface area contributed by atoms with E-state index >= 15 is 0 Å². The highest BCUT2D eigenvalue weighted by Gasteiger charge is 2.49. The van der Waals surface area contributed by atoms with Crippen LogP contribution in [-0.2, 0) is 4.74 Å². The number of benzene rings is 1. The Labute approximate surface area is 103 Å². The summed E-state index contributed by atoms with van der Waals surface area (Å²) in [4.78, 5) is 11.2. The molecule has 92 valence electrons. The molecule has 0 radical (unpaired) electrons. The Morgan fingerprint density at radius 1 is 1.11 bits per heavy atom. The van der Waals surface area contributed by atoms with Crippen LogP contribution in [0.25, 0.3) is 11.0 Å². The molecule has 2 unspecified atom stereocenters. The Kier molecular flexibility index (Phi) is 2.02. The van der Waals surface area contributed by atoms with Crippen molar-refractivity contribution in [3.8, 4) is 5.75 Å². The molecule has 1 saturated heterocycles. The second kappa shape index (κ2) is 3.59. The molecule has 1 aliphatic carbocycles. The van der Waals surface area contributed by atoms with Gasteiger partial charge < -0.3 is 13.9 Å². The quantitative estimate of drug-likeness (QED) is 0.599. The summed E-state index contributed by atoms with van der Waals surface area (Å²) >= 11 is 0. The van der Waals surface area contributed by atoms with Crippen molar-refractivity contribution in [1.29, 1.82) is 0 Å². The topological polar surface area (TPSA) is 52.0 Å². The summed E-state index contributed by atoms with van der Waals surface area (Å²) in [5, 5.41) is 0.902. The molecular weight excluding hydrogens is 232 g/mol. The van der Waals surface area contributed by atoms with E-state index in [2.05, 4.69) is 0 Å². The van der Waals surface area contributed by atoms with Gasteiger partial charge in [-0.15, -0.1) is 0 Å². The lowest BCUT2D eigenvalue weighted by atomic mass is 10.2. The third-order valence-corrected chi connectivity index (χ3v) is 3.58. The van der Waals surface area contributed by atoms with Crippen LogP contribution >= 0.6 is 0 Å². The van der Waals surface area contributed by atoms with Gasteiger partial charge in [-0.1, -0.05) is 0 Å². The fraction of sp³-hybridized carbons (Fsp3) is 0.357. The summed E-state index contributed by atoms with van der Waals surface area (Å²) in [7, 11) is 0. The van der Waals surface area contributed by atoms with Crippen LogP contribution in [0.5, 0.6) is 5.75 Å². The highest BCUT2D eigenvalue weighted by atomic mass is 16.6. The molecule has 2 heterocycles. The van der Waals surface area contributed by atoms with Crippen LogP contribution in [0.2, 0.25) is 0 Å². The molecule has 4 nitrogen and oxygen atoms in total. The summed E-state index contributed by atoms with van der Waals surface area (Å²) in [5.74, 6) is 0.753. The van der Waals surface area contributed by atoms with Gasteiger partial charge in [0.05, 0.1) is 12.2 Å². The van der Waals surface area contributed by atoms with Crippen molar-refractivity contribution in [2.75, 3.05) is 0 Å². The van der Waals surface area contributed by atoms with E-state index in [1.807, 2.05) is 12.1 Å². The zero-order valence-electron chi connectivity index (χ0n) is 9.67. The molecule has 1 aromatic carbocycles. The molecule has 0 N–H and O–H groups in total. The fourth-order valence-corrected chi connectivity index (χ4v) is 2.61. The lowest BCUT2D eigenvalue weighted by molar-refractivity contribution is 0.150. The Balaban J connectivity index is 1.62. The first kappa shape index (κ1) is 10.1. The van der Waals surface area contributed by atoms with Crippen molar-refractivity contribution in [2.24, 2.45) is 0 Å². The molecular formula is C14H12O4. The average molecular weight is 244 g/mol. The first-order valence-electron chi connectivity index (χ1n) is 6.14. The van der Waals surface area contributed by atoms with E-state index in [4.69, 9.17) is 13.9 Å². The molecule has 2 aliphatic rings. The highest BCUT2D eigenvalue weighted by molar-refractivity contribution is 5.77. The minimum atomic E-state index is -0.338. The maximum absolute atomic E-state index is 11.2. The first-order chi connectivity index (χ1) is 8.78. The lowest BCUT2D eigenvalue weighted by Gasteiger charge is -2.14. The van der Waals surface area contributed by atoms with Crippen molar-refractivity contribution in [2.45, 2.75) is 31.2 Å². The molecule has 18 heavy (non-hydrogen) atoms. The van der Waals surface area contributed by atoms with Crippen molar-refractivity contribution in [1.82, 2.24) is 0 Å². The smallest absolute Gasteiger partial charge is 0.336 e. The minimum absolute atomic E-state index is 0.224. The third kappa shape index (κ3) is 1.69. The molecule has 4 heteroatoms. The number of hydrogen-bond donors (Lipinski definition) is 0. The van der Waals surface area contributed by atoms with E-state index in [1.165, 1.54) is 6.07 Å². The van der Waals surface area contributed by atoms with E-state index in [9.17, 15) is 4.79 Å². The van der Waals surface area contributed by atoms with Gasteiger partial charge in [-0.05, 0) is 18.2 Å². The largest absolute Gasteiger partial charge is 0.490 e. The zero-order valence-corrected chi connectivity index (χ0v) is 9.67. The predicted molar refractivity (Wildman–Crippen MR) is 64.8 cm³/mol. The Morgan fingerprint density at radius 3 is 2.72 bits per heavy atom. The van der Waals surface area contributed by atoms with E-state index in [-0.39, 0.29) is 11.7 Å². The monoisotopic (exact) mass is 244 g/mol. The molecule has 0 bridgehead atoms. The summed E-state index contributed by atoms with van der Waals surface area (Å²) in [6, 6.07) is 8.77. The van der Waals surface area contributed by atoms with Crippen LogP contribution in [0.15, 0.2) is 39.5 Å². The Morgan fingerprint density at radius 2 is 1.89 bits per heavy atom. The van der Waals surface area contributed by atoms with Gasteiger partial charge in [0.2, 0.25) is 0 Å². The fourth-order valence-electron chi connectivity index (χ4n) is 2.61. The molecule has 0 spiro atoms. The summed E-state index contributed by atoms with van der Waals surface area (Å²) in [6.45, 7) is 0. The molecule has 2 fully saturated rings. The van der Waals surface area contributed by atoms with Crippen LogP contribution in [0.1, 0.15) is 12.8 Å². The van der Waals surface area contributed by atoms with Crippen molar-refractivity contribution in [3.05, 3.63) is 40.8 Å². The molecule has 3 atom stereocenters. The molecule has 2 aromatic rings. The van der Waals surface area contributed by atoms with E-state index in [0.717, 1.165) is 24.0 Å². The number of fused-ring (bicyclic) bond motifs is 2. The number of epoxide rings is 1. The van der Waals surface area contributed by atoms with Gasteiger partial charge in [0.25, 0.3) is 0 Å². The number of ether oxygens (including phenoxy) is 2. The van der Waals surface area contributed by atoms with Gasteiger partial charge in [0.1, 0.15) is 17.4 Å². The first-order valence-corrected chi connectivity index (χ1v) is 6.14. The summed E-state index contributed by atoms with van der Waals surface area (Å²) in [6.07, 6.45) is 2.96. The molecule has 1 aromatic heterocycles. The number of hydrogen-bond acceptors (Lipinski definition) is 4. The maximum atomic E-state index is 11.2. The van der Waals surface area contributed by atoms with Gasteiger partial charge in [-0.25, -0.2) is 4.79 Å². The van der Waals surface area contributed by atoms with Crippen molar-refractivity contribution >= 4 is 11.0 Å². The van der Waals surface area contributed by atoms with Crippen LogP contribution in [0.3, 0.4) is 0 Å². The van der Waals surface area contributed by atoms with Gasteiger partial charge >= 0.3 is 5.63 Å². The van der Waals surface area contributed by atoms with E-state index in [1.54, 1.807) is 12.1 Å². The second-order valence-corrected chi connectivity index (χ2v) is 4.88. The zero-order chi connectivity index (χ0) is 12.1. The van der Waals surface area contributed by atoms with Crippen LogP contribution in [0.4, 0.5) is 0 Å². The minimum Gasteiger partial charge on any atom is -0.490 e. The molecule has 1 saturated carbocycles. The highest BCUT2D eigenvalue weighted by Crippen LogP contribution is 2.40. The average Bonchev–Trinajstić information content (AvgIpc) is 2.96. The maximum Gasteiger partial charge on any atom is 0.336 e. The van der Waals surface area contributed by atoms with E-state index < -0.39 is 0 Å². The number of rotatable bonds is 2. The Hall–Kier alpha value is -1.81. The third-order valence-electron chi connectivity index (χ3n) is 3.58. The summed E-state index contributed by atoms with van der Waals surface area (Å²) < 4.78 is 16.4. The van der Waals surface area contributed by atoms with Crippen LogP contribution in [0, 0.1) is 0 Å². The second-order valence-electron chi connectivity index (χ2n) is 4.88. The Bertz CT molecular complexity index is 650. The standard InChI is InChI=1S/C14H12O4/c15-14-4-2-8-1-3-9(5-11(8)18-14)16-10-6-12-13(7-10)17-12/h1-5,10,12-13H,6-7H2/t10?,12-,13?/m1/s1. The predicted octanol–water partition coefficient (Wildman–Crippen LogP) is 2.10.